The summed E-state index contributed by atoms with van der Waals surface area (Å²) in [5, 5.41) is 15.8. The van der Waals surface area contributed by atoms with Gasteiger partial charge in [0.25, 0.3) is 5.82 Å². The van der Waals surface area contributed by atoms with Crippen molar-refractivity contribution in [1.29, 1.82) is 5.26 Å². The van der Waals surface area contributed by atoms with Gasteiger partial charge in [0.15, 0.2) is 0 Å². The highest BCUT2D eigenvalue weighted by molar-refractivity contribution is 6.31. The van der Waals surface area contributed by atoms with Gasteiger partial charge in [0.05, 0.1) is 11.4 Å². The highest BCUT2D eigenvalue weighted by Crippen LogP contribution is 2.22. The summed E-state index contributed by atoms with van der Waals surface area (Å²) in [5.41, 5.74) is 6.72. The lowest BCUT2D eigenvalue weighted by Gasteiger charge is -2.08. The van der Waals surface area contributed by atoms with E-state index < -0.39 is 0 Å². The fourth-order valence-corrected chi connectivity index (χ4v) is 1.90. The number of nitrogens with one attached hydrogen (secondary N) is 1. The largest absolute Gasteiger partial charge is 0.397 e. The first-order valence-corrected chi connectivity index (χ1v) is 6.60. The van der Waals surface area contributed by atoms with Crippen LogP contribution in [0.4, 0.5) is 11.4 Å². The lowest BCUT2D eigenvalue weighted by molar-refractivity contribution is -0.116. The summed E-state index contributed by atoms with van der Waals surface area (Å²) < 4.78 is 1.53. The third-order valence-corrected chi connectivity index (χ3v) is 2.95. The Labute approximate surface area is 126 Å². The quantitative estimate of drug-likeness (QED) is 0.818. The fourth-order valence-electron chi connectivity index (χ4n) is 1.72. The number of rotatable bonds is 5. The van der Waals surface area contributed by atoms with Gasteiger partial charge < -0.3 is 11.1 Å². The Balaban J connectivity index is 1.81. The van der Waals surface area contributed by atoms with Crippen LogP contribution in [0.2, 0.25) is 5.02 Å². The van der Waals surface area contributed by atoms with E-state index in [4.69, 9.17) is 22.6 Å². The molecule has 0 atom stereocenters. The van der Waals surface area contributed by atoms with Gasteiger partial charge in [-0.25, -0.2) is 4.98 Å². The number of nitrogen functional groups attached to an aromatic ring is 1. The Kier molecular flexibility index (Phi) is 4.74. The summed E-state index contributed by atoms with van der Waals surface area (Å²) in [4.78, 5) is 15.6. The monoisotopic (exact) mass is 304 g/mol. The zero-order valence-corrected chi connectivity index (χ0v) is 11.8. The van der Waals surface area contributed by atoms with Crippen LogP contribution in [0.25, 0.3) is 0 Å². The second-order valence-electron chi connectivity index (χ2n) is 4.33. The molecule has 0 saturated carbocycles. The van der Waals surface area contributed by atoms with Crippen LogP contribution in [-0.2, 0) is 11.3 Å². The molecule has 7 nitrogen and oxygen atoms in total. The van der Waals surface area contributed by atoms with Crippen LogP contribution in [0.5, 0.6) is 0 Å². The molecule has 108 valence electrons. The number of nitrogens with zero attached hydrogens (tertiary/aromatic N) is 4. The maximum absolute atomic E-state index is 11.8. The molecular formula is C13H13ClN6O. The summed E-state index contributed by atoms with van der Waals surface area (Å²) in [5.74, 6) is -0.0296. The summed E-state index contributed by atoms with van der Waals surface area (Å²) in [6.45, 7) is 0.512. The van der Waals surface area contributed by atoms with E-state index in [9.17, 15) is 4.79 Å². The number of benzene rings is 1. The summed E-state index contributed by atoms with van der Waals surface area (Å²) >= 11 is 5.79. The minimum Gasteiger partial charge on any atom is -0.397 e. The van der Waals surface area contributed by atoms with E-state index in [0.29, 0.717) is 35.8 Å². The van der Waals surface area contributed by atoms with Gasteiger partial charge in [-0.3, -0.25) is 9.48 Å². The first kappa shape index (κ1) is 14.8. The van der Waals surface area contributed by atoms with Gasteiger partial charge in [-0.05, 0) is 24.6 Å². The Morgan fingerprint density at radius 1 is 1.52 bits per heavy atom. The second kappa shape index (κ2) is 6.72. The molecule has 3 N–H and O–H groups in total. The molecule has 2 aromatic rings. The maximum Gasteiger partial charge on any atom is 0.252 e. The van der Waals surface area contributed by atoms with E-state index in [0.717, 1.165) is 0 Å². The molecule has 0 fully saturated rings. The molecule has 21 heavy (non-hydrogen) atoms. The Hall–Kier alpha value is -2.59. The van der Waals surface area contributed by atoms with E-state index in [2.05, 4.69) is 15.4 Å². The Morgan fingerprint density at radius 2 is 2.33 bits per heavy atom. The third kappa shape index (κ3) is 4.19. The number of carbonyl (C=O) groups excluding carboxylic acids is 1. The van der Waals surface area contributed by atoms with Crippen molar-refractivity contribution in [3.05, 3.63) is 35.4 Å². The maximum atomic E-state index is 11.8. The molecule has 0 bridgehead atoms. The van der Waals surface area contributed by atoms with E-state index >= 15 is 0 Å². The van der Waals surface area contributed by atoms with Crippen molar-refractivity contribution < 1.29 is 4.79 Å². The number of hydrogen-bond donors (Lipinski definition) is 2. The SMILES string of the molecule is N#Cc1ncn(CCCC(=O)Nc2ccc(Cl)cc2N)n1. The standard InChI is InChI=1S/C13H13ClN6O/c14-9-3-4-11(10(16)6-9)18-13(21)2-1-5-20-8-17-12(7-15)19-20/h3-4,6,8H,1-2,5,16H2,(H,18,21). The van der Waals surface area contributed by atoms with Crippen LogP contribution < -0.4 is 11.1 Å². The first-order valence-electron chi connectivity index (χ1n) is 6.23. The van der Waals surface area contributed by atoms with Gasteiger partial charge in [-0.2, -0.15) is 5.26 Å². The molecule has 0 radical (unpaired) electrons. The van der Waals surface area contributed by atoms with Crippen LogP contribution in [0, 0.1) is 11.3 Å². The molecule has 0 aliphatic carbocycles. The lowest BCUT2D eigenvalue weighted by atomic mass is 10.2. The predicted octanol–water partition coefficient (Wildman–Crippen LogP) is 1.80. The number of nitriles is 1. The van der Waals surface area contributed by atoms with Crippen molar-refractivity contribution in [2.45, 2.75) is 19.4 Å². The van der Waals surface area contributed by atoms with E-state index in [1.54, 1.807) is 18.2 Å². The number of aryl methyl sites for hydroxylation is 1. The lowest BCUT2D eigenvalue weighted by Crippen LogP contribution is -2.13. The normalized spacial score (nSPS) is 10.1. The smallest absolute Gasteiger partial charge is 0.252 e. The molecule has 0 spiro atoms. The van der Waals surface area contributed by atoms with Crippen molar-refractivity contribution in [2.75, 3.05) is 11.1 Å². The van der Waals surface area contributed by atoms with Crippen LogP contribution >= 0.6 is 11.6 Å². The number of anilines is 2. The van der Waals surface area contributed by atoms with Crippen molar-refractivity contribution in [3.8, 4) is 6.07 Å². The Morgan fingerprint density at radius 3 is 3.00 bits per heavy atom. The molecule has 1 amide bonds. The second-order valence-corrected chi connectivity index (χ2v) is 4.76. The summed E-state index contributed by atoms with van der Waals surface area (Å²) in [6, 6.07) is 6.74. The summed E-state index contributed by atoms with van der Waals surface area (Å²) in [6.07, 6.45) is 2.35. The molecule has 0 saturated heterocycles. The average molecular weight is 305 g/mol. The molecule has 1 aromatic carbocycles. The Bertz CT molecular complexity index is 690. The summed E-state index contributed by atoms with van der Waals surface area (Å²) in [7, 11) is 0. The highest BCUT2D eigenvalue weighted by atomic mass is 35.5. The molecular weight excluding hydrogens is 292 g/mol. The van der Waals surface area contributed by atoms with Crippen LogP contribution in [0.3, 0.4) is 0 Å². The predicted molar refractivity (Wildman–Crippen MR) is 78.5 cm³/mol. The highest BCUT2D eigenvalue weighted by Gasteiger charge is 2.06. The van der Waals surface area contributed by atoms with Crippen molar-refractivity contribution in [3.63, 3.8) is 0 Å². The molecule has 1 heterocycles. The minimum atomic E-state index is -0.148. The van der Waals surface area contributed by atoms with Gasteiger partial charge >= 0.3 is 0 Å². The van der Waals surface area contributed by atoms with Crippen molar-refractivity contribution in [2.24, 2.45) is 0 Å². The number of amides is 1. The van der Waals surface area contributed by atoms with Gasteiger partial charge in [-0.1, -0.05) is 11.6 Å². The van der Waals surface area contributed by atoms with E-state index in [1.807, 2.05) is 6.07 Å². The van der Waals surface area contributed by atoms with Crippen molar-refractivity contribution in [1.82, 2.24) is 14.8 Å². The van der Waals surface area contributed by atoms with E-state index in [1.165, 1.54) is 11.0 Å². The number of nitrogens with two attached hydrogens (primary N) is 1. The topological polar surface area (TPSA) is 110 Å². The van der Waals surface area contributed by atoms with E-state index in [-0.39, 0.29) is 11.7 Å². The molecule has 0 aliphatic rings. The average Bonchev–Trinajstić information content (AvgIpc) is 2.90. The van der Waals surface area contributed by atoms with Gasteiger partial charge in [0, 0.05) is 18.0 Å². The third-order valence-electron chi connectivity index (χ3n) is 2.72. The van der Waals surface area contributed by atoms with Crippen LogP contribution in [0.1, 0.15) is 18.7 Å². The number of carbonyl (C=O) groups is 1. The first-order chi connectivity index (χ1) is 10.1. The van der Waals surface area contributed by atoms with Crippen molar-refractivity contribution >= 4 is 28.9 Å². The number of hydrogen-bond acceptors (Lipinski definition) is 5. The fraction of sp³-hybridized carbons (Fsp3) is 0.231. The molecule has 1 aromatic heterocycles. The molecule has 8 heteroatoms. The molecule has 0 unspecified atom stereocenters. The van der Waals surface area contributed by atoms with Crippen LogP contribution in [0.15, 0.2) is 24.5 Å². The molecule has 0 aliphatic heterocycles. The molecule has 2 rings (SSSR count). The zero-order valence-electron chi connectivity index (χ0n) is 11.1. The van der Waals surface area contributed by atoms with Gasteiger partial charge in [0.2, 0.25) is 5.91 Å². The zero-order chi connectivity index (χ0) is 15.2. The van der Waals surface area contributed by atoms with Gasteiger partial charge in [0.1, 0.15) is 12.4 Å². The number of aromatic nitrogens is 3. The van der Waals surface area contributed by atoms with Crippen LogP contribution in [-0.4, -0.2) is 20.7 Å². The number of halogens is 1. The minimum absolute atomic E-state index is 0.119. The van der Waals surface area contributed by atoms with Gasteiger partial charge in [-0.15, -0.1) is 5.10 Å².